The molecule has 2 rings (SSSR count). The largest absolute Gasteiger partial charge is 0.481 e. The highest BCUT2D eigenvalue weighted by Crippen LogP contribution is 2.32. The quantitative estimate of drug-likeness (QED) is 0.897. The van der Waals surface area contributed by atoms with Crippen LogP contribution in [0.1, 0.15) is 19.3 Å². The first-order valence-electron chi connectivity index (χ1n) is 5.73. The Morgan fingerprint density at radius 3 is 2.67 bits per heavy atom. The van der Waals surface area contributed by atoms with Gasteiger partial charge in [-0.3, -0.25) is 9.59 Å². The molecule has 96 valence electrons. The molecule has 2 atom stereocenters. The summed E-state index contributed by atoms with van der Waals surface area (Å²) in [6.07, 6.45) is 3.56. The number of halogens is 1. The topological polar surface area (TPSA) is 79.3 Å². The van der Waals surface area contributed by atoms with Crippen LogP contribution < -0.4 is 5.32 Å². The summed E-state index contributed by atoms with van der Waals surface area (Å²) in [6, 6.07) is 3.44. The fourth-order valence-corrected chi connectivity index (χ4v) is 2.47. The number of aliphatic carboxylic acids is 1. The zero-order chi connectivity index (χ0) is 13.1. The van der Waals surface area contributed by atoms with E-state index in [0.717, 1.165) is 10.9 Å². The van der Waals surface area contributed by atoms with Gasteiger partial charge in [0.05, 0.1) is 11.8 Å². The number of nitrogens with zero attached hydrogens (tertiary/aromatic N) is 1. The number of carbonyl (C=O) groups excluding carboxylic acids is 1. The molecule has 0 spiro atoms. The molecule has 1 aliphatic rings. The van der Waals surface area contributed by atoms with Crippen molar-refractivity contribution in [3.8, 4) is 0 Å². The normalized spacial score (nSPS) is 22.7. The van der Waals surface area contributed by atoms with Gasteiger partial charge in [0.2, 0.25) is 5.91 Å². The van der Waals surface area contributed by atoms with Crippen LogP contribution in [0.25, 0.3) is 0 Å². The minimum Gasteiger partial charge on any atom is -0.481 e. The number of aromatic nitrogens is 1. The number of carboxylic acid groups (broad SMARTS) is 1. The lowest BCUT2D eigenvalue weighted by Gasteiger charge is -2.15. The van der Waals surface area contributed by atoms with Gasteiger partial charge in [-0.05, 0) is 40.9 Å². The molecule has 1 amide bonds. The van der Waals surface area contributed by atoms with Crippen molar-refractivity contribution in [3.05, 3.63) is 22.8 Å². The van der Waals surface area contributed by atoms with Crippen LogP contribution in [0.4, 0.5) is 5.82 Å². The number of nitrogens with one attached hydrogen (secondary N) is 1. The number of carboxylic acids is 1. The minimum atomic E-state index is -0.892. The zero-order valence-corrected chi connectivity index (χ0v) is 11.2. The summed E-state index contributed by atoms with van der Waals surface area (Å²) in [5.74, 6) is -1.72. The number of carbonyl (C=O) groups is 2. The zero-order valence-electron chi connectivity index (χ0n) is 9.60. The Morgan fingerprint density at radius 1 is 1.33 bits per heavy atom. The first-order chi connectivity index (χ1) is 8.58. The van der Waals surface area contributed by atoms with Crippen molar-refractivity contribution >= 4 is 33.6 Å². The molecule has 0 unspecified atom stereocenters. The Balaban J connectivity index is 2.03. The Kier molecular flexibility index (Phi) is 3.96. The highest BCUT2D eigenvalue weighted by atomic mass is 79.9. The second-order valence-electron chi connectivity index (χ2n) is 4.33. The number of hydrogen-bond acceptors (Lipinski definition) is 3. The molecule has 1 aliphatic carbocycles. The Bertz CT molecular complexity index is 461. The number of pyridine rings is 1. The molecule has 0 aromatic carbocycles. The third kappa shape index (κ3) is 2.87. The third-order valence-corrected chi connectivity index (χ3v) is 3.62. The van der Waals surface area contributed by atoms with Gasteiger partial charge in [-0.25, -0.2) is 4.98 Å². The fourth-order valence-electron chi connectivity index (χ4n) is 2.24. The summed E-state index contributed by atoms with van der Waals surface area (Å²) >= 11 is 3.25. The summed E-state index contributed by atoms with van der Waals surface area (Å²) < 4.78 is 0.824. The average Bonchev–Trinajstić information content (AvgIpc) is 2.81. The molecule has 0 radical (unpaired) electrons. The van der Waals surface area contributed by atoms with Crippen molar-refractivity contribution in [2.24, 2.45) is 11.8 Å². The SMILES string of the molecule is O=C(O)[C@H]1CCC[C@H]1C(=O)Nc1ccc(Br)cn1. The van der Waals surface area contributed by atoms with Gasteiger partial charge < -0.3 is 10.4 Å². The van der Waals surface area contributed by atoms with E-state index >= 15 is 0 Å². The van der Waals surface area contributed by atoms with E-state index < -0.39 is 17.8 Å². The Hall–Kier alpha value is -1.43. The second-order valence-corrected chi connectivity index (χ2v) is 5.25. The van der Waals surface area contributed by atoms with Crippen molar-refractivity contribution in [1.82, 2.24) is 4.98 Å². The van der Waals surface area contributed by atoms with Gasteiger partial charge in [0, 0.05) is 10.7 Å². The number of anilines is 1. The maximum atomic E-state index is 12.0. The number of amides is 1. The first-order valence-corrected chi connectivity index (χ1v) is 6.52. The van der Waals surface area contributed by atoms with E-state index in [1.54, 1.807) is 18.3 Å². The van der Waals surface area contributed by atoms with Crippen LogP contribution in [0.15, 0.2) is 22.8 Å². The van der Waals surface area contributed by atoms with E-state index in [2.05, 4.69) is 26.2 Å². The van der Waals surface area contributed by atoms with Crippen molar-refractivity contribution in [3.63, 3.8) is 0 Å². The molecule has 1 aromatic rings. The van der Waals surface area contributed by atoms with E-state index in [0.29, 0.717) is 18.7 Å². The summed E-state index contributed by atoms with van der Waals surface area (Å²) in [7, 11) is 0. The van der Waals surface area contributed by atoms with Crippen LogP contribution in [0.3, 0.4) is 0 Å². The van der Waals surface area contributed by atoms with E-state index in [9.17, 15) is 9.59 Å². The molecule has 1 fully saturated rings. The maximum Gasteiger partial charge on any atom is 0.307 e. The van der Waals surface area contributed by atoms with Crippen LogP contribution in [0.2, 0.25) is 0 Å². The van der Waals surface area contributed by atoms with Crippen LogP contribution in [0.5, 0.6) is 0 Å². The molecule has 1 heterocycles. The molecule has 0 saturated heterocycles. The molecule has 6 heteroatoms. The van der Waals surface area contributed by atoms with E-state index in [-0.39, 0.29) is 5.91 Å². The summed E-state index contributed by atoms with van der Waals surface area (Å²) in [6.45, 7) is 0. The first kappa shape index (κ1) is 13.0. The van der Waals surface area contributed by atoms with Gasteiger partial charge in [0.25, 0.3) is 0 Å². The van der Waals surface area contributed by atoms with E-state index in [1.807, 2.05) is 0 Å². The summed E-state index contributed by atoms with van der Waals surface area (Å²) in [4.78, 5) is 27.0. The highest BCUT2D eigenvalue weighted by Gasteiger charge is 2.37. The monoisotopic (exact) mass is 312 g/mol. The number of rotatable bonds is 3. The smallest absolute Gasteiger partial charge is 0.307 e. The summed E-state index contributed by atoms with van der Waals surface area (Å²) in [5.41, 5.74) is 0. The highest BCUT2D eigenvalue weighted by molar-refractivity contribution is 9.10. The Labute approximate surface area is 113 Å². The predicted molar refractivity (Wildman–Crippen MR) is 69.0 cm³/mol. The van der Waals surface area contributed by atoms with Crippen LogP contribution in [-0.2, 0) is 9.59 Å². The third-order valence-electron chi connectivity index (χ3n) is 3.15. The predicted octanol–water partition coefficient (Wildman–Crippen LogP) is 2.28. The molecule has 1 saturated carbocycles. The molecule has 1 aromatic heterocycles. The van der Waals surface area contributed by atoms with Gasteiger partial charge in [0.15, 0.2) is 0 Å². The molecule has 18 heavy (non-hydrogen) atoms. The molecule has 0 bridgehead atoms. The van der Waals surface area contributed by atoms with Crippen LogP contribution in [0, 0.1) is 11.8 Å². The van der Waals surface area contributed by atoms with Crippen LogP contribution in [-0.4, -0.2) is 22.0 Å². The standard InChI is InChI=1S/C12H13BrN2O3/c13-7-4-5-10(14-6-7)15-11(16)8-2-1-3-9(8)12(17)18/h4-6,8-9H,1-3H2,(H,17,18)(H,14,15,16)/t8-,9+/m1/s1. The maximum absolute atomic E-state index is 12.0. The van der Waals surface area contributed by atoms with Crippen molar-refractivity contribution in [2.45, 2.75) is 19.3 Å². The minimum absolute atomic E-state index is 0.255. The average molecular weight is 313 g/mol. The van der Waals surface area contributed by atoms with Gasteiger partial charge in [-0.1, -0.05) is 6.42 Å². The van der Waals surface area contributed by atoms with Crippen LogP contribution >= 0.6 is 15.9 Å². The lowest BCUT2D eigenvalue weighted by atomic mass is 9.95. The number of hydrogen-bond donors (Lipinski definition) is 2. The lowest BCUT2D eigenvalue weighted by Crippen LogP contribution is -2.30. The summed E-state index contributed by atoms with van der Waals surface area (Å²) in [5, 5.41) is 11.7. The van der Waals surface area contributed by atoms with Gasteiger partial charge in [-0.15, -0.1) is 0 Å². The second kappa shape index (κ2) is 5.48. The Morgan fingerprint density at radius 2 is 2.06 bits per heavy atom. The molecular weight excluding hydrogens is 300 g/mol. The van der Waals surface area contributed by atoms with E-state index in [1.165, 1.54) is 0 Å². The molecule has 0 aliphatic heterocycles. The van der Waals surface area contributed by atoms with Crippen molar-refractivity contribution in [1.29, 1.82) is 0 Å². The van der Waals surface area contributed by atoms with Crippen molar-refractivity contribution < 1.29 is 14.7 Å². The molecular formula is C12H13BrN2O3. The molecule has 5 nitrogen and oxygen atoms in total. The molecule has 2 N–H and O–H groups in total. The van der Waals surface area contributed by atoms with E-state index in [4.69, 9.17) is 5.11 Å². The van der Waals surface area contributed by atoms with Gasteiger partial charge >= 0.3 is 5.97 Å². The van der Waals surface area contributed by atoms with Gasteiger partial charge in [0.1, 0.15) is 5.82 Å². The van der Waals surface area contributed by atoms with Gasteiger partial charge in [-0.2, -0.15) is 0 Å². The fraction of sp³-hybridized carbons (Fsp3) is 0.417. The van der Waals surface area contributed by atoms with Crippen molar-refractivity contribution in [2.75, 3.05) is 5.32 Å². The lowest BCUT2D eigenvalue weighted by molar-refractivity contribution is -0.145.